The van der Waals surface area contributed by atoms with Gasteiger partial charge in [-0.2, -0.15) is 0 Å². The molecule has 6 heteroatoms. The Hall–Kier alpha value is -0.810. The van der Waals surface area contributed by atoms with Crippen molar-refractivity contribution in [1.82, 2.24) is 5.32 Å². The molecule has 17 heavy (non-hydrogen) atoms. The molecule has 0 bridgehead atoms. The summed E-state index contributed by atoms with van der Waals surface area (Å²) in [5, 5.41) is 21.7. The Morgan fingerprint density at radius 3 is 2.53 bits per heavy atom. The number of carboxylic acids is 1. The summed E-state index contributed by atoms with van der Waals surface area (Å²) in [6.07, 6.45) is -0.977. The summed E-state index contributed by atoms with van der Waals surface area (Å²) in [6, 6.07) is 4.02. The van der Waals surface area contributed by atoms with E-state index in [-0.39, 0.29) is 0 Å². The Labute approximate surface area is 109 Å². The molecule has 3 N–H and O–H groups in total. The second-order valence-electron chi connectivity index (χ2n) is 3.69. The van der Waals surface area contributed by atoms with E-state index in [9.17, 15) is 9.90 Å². The lowest BCUT2D eigenvalue weighted by atomic mass is 10.1. The number of rotatable bonds is 5. The molecule has 0 radical (unpaired) electrons. The van der Waals surface area contributed by atoms with Crippen LogP contribution in [-0.4, -0.2) is 28.3 Å². The van der Waals surface area contributed by atoms with Crippen LogP contribution < -0.4 is 5.32 Å². The van der Waals surface area contributed by atoms with Gasteiger partial charge in [0.15, 0.2) is 0 Å². The first kappa shape index (κ1) is 14.3. The zero-order valence-corrected chi connectivity index (χ0v) is 10.7. The van der Waals surface area contributed by atoms with Gasteiger partial charge < -0.3 is 10.2 Å². The molecule has 1 aromatic carbocycles. The van der Waals surface area contributed by atoms with Crippen molar-refractivity contribution in [1.29, 1.82) is 0 Å². The normalized spacial score (nSPS) is 14.4. The first-order valence-corrected chi connectivity index (χ1v) is 5.75. The van der Waals surface area contributed by atoms with Crippen LogP contribution in [0.15, 0.2) is 18.2 Å². The summed E-state index contributed by atoms with van der Waals surface area (Å²) in [5.74, 6) is -1.10. The molecule has 0 saturated carbocycles. The van der Waals surface area contributed by atoms with Crippen LogP contribution in [0.2, 0.25) is 10.0 Å². The van der Waals surface area contributed by atoms with Crippen molar-refractivity contribution in [2.24, 2.45) is 0 Å². The Morgan fingerprint density at radius 2 is 2.06 bits per heavy atom. The van der Waals surface area contributed by atoms with Gasteiger partial charge in [0.1, 0.15) is 6.04 Å². The van der Waals surface area contributed by atoms with Gasteiger partial charge >= 0.3 is 5.97 Å². The Kier molecular flexibility index (Phi) is 5.21. The molecule has 2 atom stereocenters. The van der Waals surface area contributed by atoms with E-state index in [1.807, 2.05) is 0 Å². The van der Waals surface area contributed by atoms with Gasteiger partial charge in [0.2, 0.25) is 0 Å². The highest BCUT2D eigenvalue weighted by Crippen LogP contribution is 2.22. The number of carbonyl (C=O) groups is 1. The van der Waals surface area contributed by atoms with Crippen molar-refractivity contribution in [2.45, 2.75) is 25.6 Å². The predicted molar refractivity (Wildman–Crippen MR) is 66.4 cm³/mol. The number of hydrogen-bond acceptors (Lipinski definition) is 3. The molecule has 0 aromatic heterocycles. The smallest absolute Gasteiger partial charge is 0.323 e. The third kappa shape index (κ3) is 4.16. The monoisotopic (exact) mass is 277 g/mol. The van der Waals surface area contributed by atoms with Gasteiger partial charge in [0.25, 0.3) is 0 Å². The maximum Gasteiger partial charge on any atom is 0.323 e. The maximum absolute atomic E-state index is 10.8. The number of aliphatic hydroxyl groups excluding tert-OH is 1. The molecule has 0 heterocycles. The van der Waals surface area contributed by atoms with Crippen molar-refractivity contribution in [3.05, 3.63) is 33.8 Å². The van der Waals surface area contributed by atoms with E-state index in [2.05, 4.69) is 5.32 Å². The fraction of sp³-hybridized carbons (Fsp3) is 0.364. The molecule has 1 rings (SSSR count). The molecule has 0 saturated heterocycles. The Bertz CT molecular complexity index is 410. The number of aliphatic hydroxyl groups is 1. The third-order valence-electron chi connectivity index (χ3n) is 2.26. The van der Waals surface area contributed by atoms with Crippen LogP contribution in [0, 0.1) is 0 Å². The average Bonchev–Trinajstić information content (AvgIpc) is 2.22. The van der Waals surface area contributed by atoms with Crippen molar-refractivity contribution >= 4 is 29.2 Å². The molecule has 0 amide bonds. The highest BCUT2D eigenvalue weighted by molar-refractivity contribution is 6.42. The number of nitrogens with one attached hydrogen (secondary N) is 1. The molecule has 94 valence electrons. The van der Waals surface area contributed by atoms with E-state index in [0.717, 1.165) is 5.56 Å². The molecule has 0 aliphatic heterocycles. The molecule has 2 unspecified atom stereocenters. The van der Waals surface area contributed by atoms with E-state index in [0.29, 0.717) is 16.6 Å². The third-order valence-corrected chi connectivity index (χ3v) is 3.00. The van der Waals surface area contributed by atoms with Crippen LogP contribution in [0.25, 0.3) is 0 Å². The van der Waals surface area contributed by atoms with E-state index in [1.54, 1.807) is 18.2 Å². The number of benzene rings is 1. The van der Waals surface area contributed by atoms with Gasteiger partial charge in [-0.1, -0.05) is 29.3 Å². The molecule has 0 aliphatic rings. The fourth-order valence-corrected chi connectivity index (χ4v) is 1.66. The second kappa shape index (κ2) is 6.21. The summed E-state index contributed by atoms with van der Waals surface area (Å²) in [5.41, 5.74) is 0.798. The predicted octanol–water partition coefficient (Wildman–Crippen LogP) is 1.92. The van der Waals surface area contributed by atoms with Crippen LogP contribution in [-0.2, 0) is 11.3 Å². The van der Waals surface area contributed by atoms with Crippen LogP contribution in [0.4, 0.5) is 0 Å². The summed E-state index contributed by atoms with van der Waals surface area (Å²) >= 11 is 11.6. The number of carboxylic acid groups (broad SMARTS) is 1. The molecule has 0 fully saturated rings. The molecule has 0 aliphatic carbocycles. The quantitative estimate of drug-likeness (QED) is 0.769. The van der Waals surface area contributed by atoms with E-state index >= 15 is 0 Å². The minimum absolute atomic E-state index is 0.290. The first-order chi connectivity index (χ1) is 7.91. The summed E-state index contributed by atoms with van der Waals surface area (Å²) in [6.45, 7) is 1.71. The highest BCUT2D eigenvalue weighted by Gasteiger charge is 2.21. The van der Waals surface area contributed by atoms with E-state index < -0.39 is 18.1 Å². The lowest BCUT2D eigenvalue weighted by Gasteiger charge is -2.17. The van der Waals surface area contributed by atoms with Gasteiger partial charge in [-0.25, -0.2) is 0 Å². The largest absolute Gasteiger partial charge is 0.480 e. The van der Waals surface area contributed by atoms with E-state index in [1.165, 1.54) is 6.92 Å². The van der Waals surface area contributed by atoms with Gasteiger partial charge in [-0.05, 0) is 24.6 Å². The standard InChI is InChI=1S/C11H13Cl2NO3/c1-6(15)10(11(16)17)14-5-7-2-3-8(12)9(13)4-7/h2-4,6,10,14-15H,5H2,1H3,(H,16,17). The van der Waals surface area contributed by atoms with Gasteiger partial charge in [0, 0.05) is 6.54 Å². The van der Waals surface area contributed by atoms with Gasteiger partial charge in [0.05, 0.1) is 16.1 Å². The van der Waals surface area contributed by atoms with Crippen LogP contribution in [0.1, 0.15) is 12.5 Å². The topological polar surface area (TPSA) is 69.6 Å². The maximum atomic E-state index is 10.8. The Morgan fingerprint density at radius 1 is 1.41 bits per heavy atom. The lowest BCUT2D eigenvalue weighted by Crippen LogP contribution is -2.44. The summed E-state index contributed by atoms with van der Waals surface area (Å²) < 4.78 is 0. The van der Waals surface area contributed by atoms with Crippen LogP contribution >= 0.6 is 23.2 Å². The lowest BCUT2D eigenvalue weighted by molar-refractivity contribution is -0.142. The van der Waals surface area contributed by atoms with Crippen molar-refractivity contribution in [3.63, 3.8) is 0 Å². The SMILES string of the molecule is CC(O)C(NCc1ccc(Cl)c(Cl)c1)C(=O)O. The summed E-state index contributed by atoms with van der Waals surface area (Å²) in [7, 11) is 0. The van der Waals surface area contributed by atoms with Crippen molar-refractivity contribution < 1.29 is 15.0 Å². The minimum atomic E-state index is -1.10. The van der Waals surface area contributed by atoms with Gasteiger partial charge in [-0.3, -0.25) is 10.1 Å². The molecule has 1 aromatic rings. The molecular weight excluding hydrogens is 265 g/mol. The Balaban J connectivity index is 2.65. The molecule has 0 spiro atoms. The molecular formula is C11H13Cl2NO3. The fourth-order valence-electron chi connectivity index (χ4n) is 1.34. The van der Waals surface area contributed by atoms with Crippen LogP contribution in [0.5, 0.6) is 0 Å². The van der Waals surface area contributed by atoms with Crippen molar-refractivity contribution in [2.75, 3.05) is 0 Å². The molecule has 4 nitrogen and oxygen atoms in total. The number of aliphatic carboxylic acids is 1. The highest BCUT2D eigenvalue weighted by atomic mass is 35.5. The van der Waals surface area contributed by atoms with Gasteiger partial charge in [-0.15, -0.1) is 0 Å². The zero-order chi connectivity index (χ0) is 13.0. The number of hydrogen-bond donors (Lipinski definition) is 3. The average molecular weight is 278 g/mol. The summed E-state index contributed by atoms with van der Waals surface area (Å²) in [4.78, 5) is 10.8. The number of halogens is 2. The first-order valence-electron chi connectivity index (χ1n) is 5.00. The van der Waals surface area contributed by atoms with Crippen LogP contribution in [0.3, 0.4) is 0 Å². The zero-order valence-electron chi connectivity index (χ0n) is 9.15. The second-order valence-corrected chi connectivity index (χ2v) is 4.50. The minimum Gasteiger partial charge on any atom is -0.480 e. The van der Waals surface area contributed by atoms with Crippen molar-refractivity contribution in [3.8, 4) is 0 Å². The van der Waals surface area contributed by atoms with E-state index in [4.69, 9.17) is 28.3 Å².